The van der Waals surface area contributed by atoms with Crippen LogP contribution in [0, 0.1) is 0 Å². The fourth-order valence-electron chi connectivity index (χ4n) is 3.22. The molecule has 3 rings (SSSR count). The summed E-state index contributed by atoms with van der Waals surface area (Å²) in [7, 11) is 1.62. The number of methoxy groups -OCH3 is 1. The van der Waals surface area contributed by atoms with E-state index in [-0.39, 0.29) is 6.10 Å². The highest BCUT2D eigenvalue weighted by Gasteiger charge is 2.20. The number of ether oxygens (including phenoxy) is 2. The van der Waals surface area contributed by atoms with Crippen molar-refractivity contribution in [1.82, 2.24) is 0 Å². The van der Waals surface area contributed by atoms with Crippen molar-refractivity contribution in [1.29, 1.82) is 0 Å². The molecule has 0 radical (unpaired) electrons. The molecular formula is C20H22Cl2O3. The smallest absolute Gasteiger partial charge is 0.161 e. The van der Waals surface area contributed by atoms with Crippen LogP contribution < -0.4 is 9.47 Å². The molecule has 25 heavy (non-hydrogen) atoms. The summed E-state index contributed by atoms with van der Waals surface area (Å²) in [6.07, 6.45) is 4.35. The van der Waals surface area contributed by atoms with Crippen LogP contribution in [-0.2, 0) is 6.42 Å². The standard InChI is InChI=1S/C20H22Cl2O3/c1-24-19-10-9-13(11-20(19)25-14-5-2-3-6-14)18(23)12-15-16(21)7-4-8-17(15)22/h4,7-11,14,18,23H,2-3,5-6,12H2,1H3. The molecule has 0 heterocycles. The number of benzene rings is 2. The zero-order valence-electron chi connectivity index (χ0n) is 14.2. The Hall–Kier alpha value is -1.42. The number of halogens is 2. The lowest BCUT2D eigenvalue weighted by Gasteiger charge is -2.19. The van der Waals surface area contributed by atoms with E-state index in [2.05, 4.69) is 0 Å². The number of hydrogen-bond acceptors (Lipinski definition) is 3. The van der Waals surface area contributed by atoms with Crippen LogP contribution in [0.15, 0.2) is 36.4 Å². The quantitative estimate of drug-likeness (QED) is 0.708. The van der Waals surface area contributed by atoms with Gasteiger partial charge in [0.15, 0.2) is 11.5 Å². The van der Waals surface area contributed by atoms with Gasteiger partial charge in [0.2, 0.25) is 0 Å². The van der Waals surface area contributed by atoms with Crippen molar-refractivity contribution in [2.24, 2.45) is 0 Å². The van der Waals surface area contributed by atoms with E-state index in [0.717, 1.165) is 24.0 Å². The largest absolute Gasteiger partial charge is 0.493 e. The van der Waals surface area contributed by atoms with E-state index in [0.29, 0.717) is 28.0 Å². The summed E-state index contributed by atoms with van der Waals surface area (Å²) in [6, 6.07) is 10.9. The van der Waals surface area contributed by atoms with Crippen LogP contribution >= 0.6 is 23.2 Å². The van der Waals surface area contributed by atoms with Crippen molar-refractivity contribution in [2.75, 3.05) is 7.11 Å². The lowest BCUT2D eigenvalue weighted by Crippen LogP contribution is -2.12. The van der Waals surface area contributed by atoms with Crippen molar-refractivity contribution < 1.29 is 14.6 Å². The van der Waals surface area contributed by atoms with E-state index < -0.39 is 6.10 Å². The average Bonchev–Trinajstić information content (AvgIpc) is 3.11. The Kier molecular flexibility index (Phi) is 6.10. The van der Waals surface area contributed by atoms with Gasteiger partial charge < -0.3 is 14.6 Å². The maximum atomic E-state index is 10.7. The van der Waals surface area contributed by atoms with Crippen LogP contribution in [0.3, 0.4) is 0 Å². The Labute approximate surface area is 158 Å². The molecule has 0 spiro atoms. The van der Waals surface area contributed by atoms with Gasteiger partial charge in [-0.05, 0) is 61.1 Å². The van der Waals surface area contributed by atoms with Gasteiger partial charge in [-0.15, -0.1) is 0 Å². The first kappa shape index (κ1) is 18.4. The summed E-state index contributed by atoms with van der Waals surface area (Å²) >= 11 is 12.4. The van der Waals surface area contributed by atoms with Crippen LogP contribution in [-0.4, -0.2) is 18.3 Å². The highest BCUT2D eigenvalue weighted by molar-refractivity contribution is 6.36. The second-order valence-electron chi connectivity index (χ2n) is 6.35. The van der Waals surface area contributed by atoms with Gasteiger partial charge in [0, 0.05) is 16.5 Å². The molecule has 1 aliphatic rings. The molecule has 1 atom stereocenters. The first-order chi connectivity index (χ1) is 12.1. The third-order valence-electron chi connectivity index (χ3n) is 4.63. The van der Waals surface area contributed by atoms with Gasteiger partial charge in [0.25, 0.3) is 0 Å². The van der Waals surface area contributed by atoms with Crippen molar-refractivity contribution >= 4 is 23.2 Å². The molecule has 0 aliphatic heterocycles. The maximum absolute atomic E-state index is 10.7. The fourth-order valence-corrected chi connectivity index (χ4v) is 3.77. The second-order valence-corrected chi connectivity index (χ2v) is 7.17. The number of aliphatic hydroxyl groups excluding tert-OH is 1. The Bertz CT molecular complexity index is 707. The van der Waals surface area contributed by atoms with E-state index in [4.69, 9.17) is 32.7 Å². The van der Waals surface area contributed by atoms with Gasteiger partial charge >= 0.3 is 0 Å². The van der Waals surface area contributed by atoms with Crippen molar-refractivity contribution in [3.63, 3.8) is 0 Å². The fraction of sp³-hybridized carbons (Fsp3) is 0.400. The minimum Gasteiger partial charge on any atom is -0.493 e. The number of rotatable bonds is 6. The molecule has 1 aliphatic carbocycles. The molecule has 3 nitrogen and oxygen atoms in total. The third-order valence-corrected chi connectivity index (χ3v) is 5.34. The van der Waals surface area contributed by atoms with Gasteiger partial charge in [0.1, 0.15) is 0 Å². The van der Waals surface area contributed by atoms with Crippen molar-refractivity contribution in [2.45, 2.75) is 44.3 Å². The summed E-state index contributed by atoms with van der Waals surface area (Å²) in [5.74, 6) is 1.36. The van der Waals surface area contributed by atoms with Gasteiger partial charge in [0.05, 0.1) is 19.3 Å². The SMILES string of the molecule is COc1ccc(C(O)Cc2c(Cl)cccc2Cl)cc1OC1CCCC1. The normalized spacial score (nSPS) is 16.0. The highest BCUT2D eigenvalue weighted by Crippen LogP contribution is 2.35. The molecule has 1 fully saturated rings. The van der Waals surface area contributed by atoms with Crippen LogP contribution in [0.1, 0.15) is 42.9 Å². The number of hydrogen-bond donors (Lipinski definition) is 1. The Morgan fingerprint density at radius 3 is 2.40 bits per heavy atom. The zero-order chi connectivity index (χ0) is 17.8. The second kappa shape index (κ2) is 8.31. The molecule has 134 valence electrons. The van der Waals surface area contributed by atoms with Gasteiger partial charge in [-0.1, -0.05) is 35.3 Å². The summed E-state index contributed by atoms with van der Waals surface area (Å²) in [5, 5.41) is 11.8. The third kappa shape index (κ3) is 4.41. The number of aliphatic hydroxyl groups is 1. The lowest BCUT2D eigenvalue weighted by molar-refractivity contribution is 0.174. The minimum absolute atomic E-state index is 0.222. The highest BCUT2D eigenvalue weighted by atomic mass is 35.5. The topological polar surface area (TPSA) is 38.7 Å². The average molecular weight is 381 g/mol. The molecule has 2 aromatic rings. The van der Waals surface area contributed by atoms with E-state index in [1.807, 2.05) is 18.2 Å². The summed E-state index contributed by atoms with van der Waals surface area (Å²) in [5.41, 5.74) is 1.50. The van der Waals surface area contributed by atoms with E-state index in [1.54, 1.807) is 25.3 Å². The van der Waals surface area contributed by atoms with Gasteiger partial charge in [-0.3, -0.25) is 0 Å². The predicted molar refractivity (Wildman–Crippen MR) is 101 cm³/mol. The first-order valence-corrected chi connectivity index (χ1v) is 9.29. The van der Waals surface area contributed by atoms with E-state index >= 15 is 0 Å². The van der Waals surface area contributed by atoms with Crippen molar-refractivity contribution in [3.05, 3.63) is 57.6 Å². The molecule has 5 heteroatoms. The Morgan fingerprint density at radius 2 is 1.76 bits per heavy atom. The molecule has 0 aromatic heterocycles. The summed E-state index contributed by atoms with van der Waals surface area (Å²) in [4.78, 5) is 0. The van der Waals surface area contributed by atoms with Crippen LogP contribution in [0.4, 0.5) is 0 Å². The molecule has 2 aromatic carbocycles. The van der Waals surface area contributed by atoms with E-state index in [1.165, 1.54) is 12.8 Å². The monoisotopic (exact) mass is 380 g/mol. The van der Waals surface area contributed by atoms with Crippen LogP contribution in [0.5, 0.6) is 11.5 Å². The molecule has 1 unspecified atom stereocenters. The van der Waals surface area contributed by atoms with Crippen LogP contribution in [0.2, 0.25) is 10.0 Å². The molecule has 0 bridgehead atoms. The molecule has 0 saturated heterocycles. The van der Waals surface area contributed by atoms with Crippen molar-refractivity contribution in [3.8, 4) is 11.5 Å². The van der Waals surface area contributed by atoms with Gasteiger partial charge in [-0.25, -0.2) is 0 Å². The van der Waals surface area contributed by atoms with Crippen LogP contribution in [0.25, 0.3) is 0 Å². The maximum Gasteiger partial charge on any atom is 0.161 e. The Morgan fingerprint density at radius 1 is 1.08 bits per heavy atom. The minimum atomic E-state index is -0.728. The molecule has 1 N–H and O–H groups in total. The first-order valence-electron chi connectivity index (χ1n) is 8.54. The van der Waals surface area contributed by atoms with E-state index in [9.17, 15) is 5.11 Å². The summed E-state index contributed by atoms with van der Waals surface area (Å²) < 4.78 is 11.5. The summed E-state index contributed by atoms with van der Waals surface area (Å²) in [6.45, 7) is 0. The molecular weight excluding hydrogens is 359 g/mol. The lowest BCUT2D eigenvalue weighted by atomic mass is 10.0. The molecule has 1 saturated carbocycles. The molecule has 0 amide bonds. The Balaban J connectivity index is 1.81. The van der Waals surface area contributed by atoms with Gasteiger partial charge in [-0.2, -0.15) is 0 Å². The zero-order valence-corrected chi connectivity index (χ0v) is 15.7. The predicted octanol–water partition coefficient (Wildman–Crippen LogP) is 5.60.